The van der Waals surface area contributed by atoms with Gasteiger partial charge in [-0.15, -0.1) is 0 Å². The van der Waals surface area contributed by atoms with Gasteiger partial charge in [-0.2, -0.15) is 0 Å². The van der Waals surface area contributed by atoms with E-state index in [1.165, 1.54) is 36.0 Å². The topological polar surface area (TPSA) is 29.9 Å². The van der Waals surface area contributed by atoms with Crippen LogP contribution in [-0.4, -0.2) is 16.6 Å². The molecule has 1 aromatic heterocycles. The Morgan fingerprint density at radius 2 is 2.11 bits per heavy atom. The van der Waals surface area contributed by atoms with Gasteiger partial charge >= 0.3 is 0 Å². The molecule has 3 heteroatoms. The number of nitrogens with one attached hydrogen (secondary N) is 1. The molecule has 1 heterocycles. The molecule has 0 aliphatic heterocycles. The Kier molecular flexibility index (Phi) is 2.92. The van der Waals surface area contributed by atoms with Gasteiger partial charge < -0.3 is 9.88 Å². The third kappa shape index (κ3) is 1.85. The normalized spacial score (nSPS) is 15.7. The smallest absolute Gasteiger partial charge is 0.130 e. The minimum atomic E-state index is 0.177. The van der Waals surface area contributed by atoms with Crippen LogP contribution in [0, 0.1) is 0 Å². The molecule has 0 spiro atoms. The number of fused-ring (bicyclic) bond motifs is 1. The number of hydrogen-bond donors (Lipinski definition) is 1. The van der Waals surface area contributed by atoms with Crippen molar-refractivity contribution in [3.8, 4) is 0 Å². The van der Waals surface area contributed by atoms with Crippen LogP contribution in [0.2, 0.25) is 0 Å². The molecule has 18 heavy (non-hydrogen) atoms. The molecular weight excluding hydrogens is 222 g/mol. The zero-order chi connectivity index (χ0) is 12.5. The average molecular weight is 241 g/mol. The highest BCUT2D eigenvalue weighted by Crippen LogP contribution is 2.27. The molecule has 94 valence electrons. The summed E-state index contributed by atoms with van der Waals surface area (Å²) < 4.78 is 2.08. The maximum atomic E-state index is 4.46. The Bertz CT molecular complexity index is 557. The van der Waals surface area contributed by atoms with E-state index in [0.29, 0.717) is 0 Å². The lowest BCUT2D eigenvalue weighted by atomic mass is 10.0. The minimum Gasteiger partial charge on any atom is -0.336 e. The fraction of sp³-hybridized carbons (Fsp3) is 0.400. The molecule has 2 aromatic rings. The van der Waals surface area contributed by atoms with Gasteiger partial charge in [-0.25, -0.2) is 4.98 Å². The number of aryl methyl sites for hydroxylation is 3. The van der Waals surface area contributed by atoms with E-state index in [0.717, 1.165) is 5.82 Å². The third-order valence-electron chi connectivity index (χ3n) is 3.86. The summed E-state index contributed by atoms with van der Waals surface area (Å²) in [5, 5.41) is 3.37. The Hall–Kier alpha value is -1.61. The molecule has 1 aliphatic rings. The van der Waals surface area contributed by atoms with Crippen molar-refractivity contribution in [1.29, 1.82) is 0 Å². The van der Waals surface area contributed by atoms with Crippen LogP contribution in [-0.2, 0) is 19.9 Å². The van der Waals surface area contributed by atoms with E-state index in [-0.39, 0.29) is 6.04 Å². The van der Waals surface area contributed by atoms with E-state index in [1.807, 2.05) is 26.5 Å². The quantitative estimate of drug-likeness (QED) is 0.893. The molecule has 0 fully saturated rings. The molecule has 0 bridgehead atoms. The second kappa shape index (κ2) is 4.58. The first-order chi connectivity index (χ1) is 8.79. The van der Waals surface area contributed by atoms with Gasteiger partial charge in [-0.3, -0.25) is 0 Å². The molecule has 1 aliphatic carbocycles. The molecule has 1 unspecified atom stereocenters. The van der Waals surface area contributed by atoms with Crippen LogP contribution in [0.25, 0.3) is 0 Å². The molecule has 0 saturated carbocycles. The van der Waals surface area contributed by atoms with Crippen molar-refractivity contribution in [2.75, 3.05) is 7.05 Å². The number of rotatable bonds is 3. The van der Waals surface area contributed by atoms with E-state index in [9.17, 15) is 0 Å². The lowest BCUT2D eigenvalue weighted by Crippen LogP contribution is -2.21. The van der Waals surface area contributed by atoms with Gasteiger partial charge in [0.05, 0.1) is 6.04 Å². The minimum absolute atomic E-state index is 0.177. The Morgan fingerprint density at radius 1 is 1.28 bits per heavy atom. The molecule has 3 rings (SSSR count). The van der Waals surface area contributed by atoms with Crippen molar-refractivity contribution in [3.63, 3.8) is 0 Å². The summed E-state index contributed by atoms with van der Waals surface area (Å²) in [5.41, 5.74) is 4.35. The Labute approximate surface area is 108 Å². The van der Waals surface area contributed by atoms with Gasteiger partial charge in [-0.1, -0.05) is 18.2 Å². The van der Waals surface area contributed by atoms with Crippen LogP contribution in [0.3, 0.4) is 0 Å². The molecule has 1 aromatic carbocycles. The largest absolute Gasteiger partial charge is 0.336 e. The number of aromatic nitrogens is 2. The molecule has 0 radical (unpaired) electrons. The van der Waals surface area contributed by atoms with Gasteiger partial charge in [0.1, 0.15) is 5.82 Å². The van der Waals surface area contributed by atoms with Gasteiger partial charge in [-0.05, 0) is 43.0 Å². The third-order valence-corrected chi connectivity index (χ3v) is 3.86. The van der Waals surface area contributed by atoms with Gasteiger partial charge in [0.15, 0.2) is 0 Å². The van der Waals surface area contributed by atoms with E-state index in [1.54, 1.807) is 0 Å². The van der Waals surface area contributed by atoms with Gasteiger partial charge in [0.2, 0.25) is 0 Å². The number of imidazole rings is 1. The zero-order valence-corrected chi connectivity index (χ0v) is 11.0. The van der Waals surface area contributed by atoms with Crippen LogP contribution in [0.1, 0.15) is 35.0 Å². The maximum Gasteiger partial charge on any atom is 0.130 e. The van der Waals surface area contributed by atoms with Crippen LogP contribution < -0.4 is 5.32 Å². The summed E-state index contributed by atoms with van der Waals surface area (Å²) in [6, 6.07) is 7.04. The summed E-state index contributed by atoms with van der Waals surface area (Å²) in [6.07, 6.45) is 7.61. The molecular formula is C15H19N3. The van der Waals surface area contributed by atoms with Crippen molar-refractivity contribution in [2.24, 2.45) is 7.05 Å². The van der Waals surface area contributed by atoms with E-state index >= 15 is 0 Å². The summed E-state index contributed by atoms with van der Waals surface area (Å²) in [6.45, 7) is 0. The predicted octanol–water partition coefficient (Wildman–Crippen LogP) is 2.22. The molecule has 0 saturated heterocycles. The van der Waals surface area contributed by atoms with Crippen LogP contribution in [0.5, 0.6) is 0 Å². The van der Waals surface area contributed by atoms with Crippen molar-refractivity contribution >= 4 is 0 Å². The van der Waals surface area contributed by atoms with Crippen molar-refractivity contribution < 1.29 is 0 Å². The number of nitrogens with zero attached hydrogens (tertiary/aromatic N) is 2. The molecule has 1 N–H and O–H groups in total. The molecule has 1 atom stereocenters. The summed E-state index contributed by atoms with van der Waals surface area (Å²) in [4.78, 5) is 4.46. The fourth-order valence-electron chi connectivity index (χ4n) is 2.87. The van der Waals surface area contributed by atoms with Crippen LogP contribution in [0.15, 0.2) is 30.6 Å². The van der Waals surface area contributed by atoms with Crippen molar-refractivity contribution in [3.05, 3.63) is 53.1 Å². The lowest BCUT2D eigenvalue weighted by molar-refractivity contribution is 0.617. The average Bonchev–Trinajstić information content (AvgIpc) is 2.99. The number of hydrogen-bond acceptors (Lipinski definition) is 2. The summed E-state index contributed by atoms with van der Waals surface area (Å²) in [5.74, 6) is 1.07. The molecule has 0 amide bonds. The van der Waals surface area contributed by atoms with Crippen LogP contribution in [0.4, 0.5) is 0 Å². The highest BCUT2D eigenvalue weighted by molar-refractivity contribution is 5.38. The van der Waals surface area contributed by atoms with E-state index < -0.39 is 0 Å². The van der Waals surface area contributed by atoms with E-state index in [2.05, 4.69) is 33.1 Å². The zero-order valence-electron chi connectivity index (χ0n) is 11.0. The fourth-order valence-corrected chi connectivity index (χ4v) is 2.87. The highest BCUT2D eigenvalue weighted by Gasteiger charge is 2.18. The summed E-state index contributed by atoms with van der Waals surface area (Å²) in [7, 11) is 4.03. The molecule has 3 nitrogen and oxygen atoms in total. The van der Waals surface area contributed by atoms with Crippen molar-refractivity contribution in [1.82, 2.24) is 14.9 Å². The second-order valence-electron chi connectivity index (χ2n) is 5.00. The first-order valence-electron chi connectivity index (χ1n) is 6.56. The van der Waals surface area contributed by atoms with E-state index in [4.69, 9.17) is 0 Å². The second-order valence-corrected chi connectivity index (χ2v) is 5.00. The Morgan fingerprint density at radius 3 is 2.83 bits per heavy atom. The van der Waals surface area contributed by atoms with Gasteiger partial charge in [0.25, 0.3) is 0 Å². The van der Waals surface area contributed by atoms with Crippen molar-refractivity contribution in [2.45, 2.75) is 25.3 Å². The monoisotopic (exact) mass is 241 g/mol. The van der Waals surface area contributed by atoms with Gasteiger partial charge in [0, 0.05) is 19.4 Å². The maximum absolute atomic E-state index is 4.46. The number of benzene rings is 1. The first kappa shape index (κ1) is 11.5. The summed E-state index contributed by atoms with van der Waals surface area (Å²) >= 11 is 0. The lowest BCUT2D eigenvalue weighted by Gasteiger charge is -2.17. The Balaban J connectivity index is 2.00. The highest BCUT2D eigenvalue weighted by atomic mass is 15.1. The predicted molar refractivity (Wildman–Crippen MR) is 72.6 cm³/mol. The first-order valence-corrected chi connectivity index (χ1v) is 6.56. The van der Waals surface area contributed by atoms with Crippen LogP contribution >= 0.6 is 0 Å². The standard InChI is InChI=1S/C15H19N3/c1-16-14(15-17-8-9-18(15)2)13-7-6-11-4-3-5-12(11)10-13/h6-10,14,16H,3-5H2,1-2H3. The SMILES string of the molecule is CNC(c1ccc2c(c1)CCC2)c1nccn1C.